The van der Waals surface area contributed by atoms with Crippen LogP contribution < -0.4 is 0 Å². The molecule has 0 fully saturated rings. The third-order valence-electron chi connectivity index (χ3n) is 4.11. The van der Waals surface area contributed by atoms with Crippen LogP contribution in [0.15, 0.2) is 66.0 Å². The second-order valence-corrected chi connectivity index (χ2v) is 5.70. The maximum absolute atomic E-state index is 12.7. The first-order valence-electron chi connectivity index (χ1n) is 7.69. The SMILES string of the molecule is O=C1C=CC(=O)C(OC(=O)C(O)(C2=CCCC2)c2ccccc2)=C1. The summed E-state index contributed by atoms with van der Waals surface area (Å²) in [4.78, 5) is 35.9. The summed E-state index contributed by atoms with van der Waals surface area (Å²) in [6.07, 6.45) is 7.07. The van der Waals surface area contributed by atoms with Gasteiger partial charge in [0.25, 0.3) is 0 Å². The van der Waals surface area contributed by atoms with Gasteiger partial charge in [0.05, 0.1) is 0 Å². The number of allylic oxidation sites excluding steroid dienone is 4. The molecule has 0 spiro atoms. The number of ether oxygens (including phenoxy) is 1. The molecule has 3 rings (SSSR count). The summed E-state index contributed by atoms with van der Waals surface area (Å²) in [5.74, 6) is -2.38. The third kappa shape index (κ3) is 2.86. The summed E-state index contributed by atoms with van der Waals surface area (Å²) in [6, 6.07) is 8.45. The molecule has 2 aliphatic rings. The largest absolute Gasteiger partial charge is 0.420 e. The minimum Gasteiger partial charge on any atom is -0.420 e. The molecule has 122 valence electrons. The van der Waals surface area contributed by atoms with E-state index in [2.05, 4.69) is 0 Å². The van der Waals surface area contributed by atoms with Crippen LogP contribution in [0.4, 0.5) is 0 Å². The van der Waals surface area contributed by atoms with Crippen molar-refractivity contribution in [1.82, 2.24) is 0 Å². The summed E-state index contributed by atoms with van der Waals surface area (Å²) in [7, 11) is 0. The topological polar surface area (TPSA) is 80.7 Å². The zero-order valence-electron chi connectivity index (χ0n) is 12.9. The molecule has 0 bridgehead atoms. The van der Waals surface area contributed by atoms with E-state index in [0.29, 0.717) is 17.6 Å². The highest BCUT2D eigenvalue weighted by atomic mass is 16.6. The Labute approximate surface area is 138 Å². The van der Waals surface area contributed by atoms with Crippen molar-refractivity contribution >= 4 is 17.5 Å². The first-order chi connectivity index (χ1) is 11.5. The molecular weight excluding hydrogens is 308 g/mol. The molecular formula is C19H16O5. The highest BCUT2D eigenvalue weighted by molar-refractivity contribution is 6.17. The fraction of sp³-hybridized carbons (Fsp3) is 0.211. The van der Waals surface area contributed by atoms with Gasteiger partial charge in [0.1, 0.15) is 0 Å². The summed E-state index contributed by atoms with van der Waals surface area (Å²) in [5, 5.41) is 11.1. The zero-order chi connectivity index (χ0) is 17.2. The Kier molecular flexibility index (Phi) is 4.27. The number of carbonyl (C=O) groups excluding carboxylic acids is 3. The first-order valence-corrected chi connectivity index (χ1v) is 7.69. The highest BCUT2D eigenvalue weighted by Crippen LogP contribution is 2.38. The number of hydrogen-bond acceptors (Lipinski definition) is 5. The molecule has 0 radical (unpaired) electrons. The van der Waals surface area contributed by atoms with E-state index in [0.717, 1.165) is 31.1 Å². The summed E-state index contributed by atoms with van der Waals surface area (Å²) < 4.78 is 5.12. The number of esters is 1. The molecule has 0 aliphatic heterocycles. The molecule has 24 heavy (non-hydrogen) atoms. The number of aliphatic hydroxyl groups is 1. The van der Waals surface area contributed by atoms with Crippen molar-refractivity contribution in [3.05, 3.63) is 71.5 Å². The summed E-state index contributed by atoms with van der Waals surface area (Å²) in [6.45, 7) is 0. The predicted molar refractivity (Wildman–Crippen MR) is 85.6 cm³/mol. The Hall–Kier alpha value is -2.79. The minimum atomic E-state index is -1.97. The number of hydrogen-bond donors (Lipinski definition) is 1. The van der Waals surface area contributed by atoms with Crippen LogP contribution in [0.2, 0.25) is 0 Å². The van der Waals surface area contributed by atoms with Gasteiger partial charge in [-0.1, -0.05) is 36.4 Å². The van der Waals surface area contributed by atoms with Gasteiger partial charge >= 0.3 is 5.97 Å². The average Bonchev–Trinajstić information content (AvgIpc) is 3.13. The standard InChI is InChI=1S/C19H16O5/c20-15-10-11-16(21)17(12-15)24-18(22)19(23,14-8-4-5-9-14)13-6-2-1-3-7-13/h1-3,6-8,10-12,23H,4-5,9H2. The highest BCUT2D eigenvalue weighted by Gasteiger charge is 2.44. The van der Waals surface area contributed by atoms with Crippen molar-refractivity contribution in [3.63, 3.8) is 0 Å². The van der Waals surface area contributed by atoms with Gasteiger partial charge in [-0.25, -0.2) is 4.79 Å². The summed E-state index contributed by atoms with van der Waals surface area (Å²) in [5.41, 5.74) is -1.05. The van der Waals surface area contributed by atoms with Crippen molar-refractivity contribution in [3.8, 4) is 0 Å². The van der Waals surface area contributed by atoms with E-state index in [9.17, 15) is 19.5 Å². The average molecular weight is 324 g/mol. The Bertz CT molecular complexity index is 785. The van der Waals surface area contributed by atoms with E-state index in [1.807, 2.05) is 6.08 Å². The molecule has 1 aromatic rings. The molecule has 1 unspecified atom stereocenters. The van der Waals surface area contributed by atoms with Gasteiger partial charge in [-0.2, -0.15) is 0 Å². The second kappa shape index (κ2) is 6.37. The van der Waals surface area contributed by atoms with E-state index in [1.165, 1.54) is 0 Å². The van der Waals surface area contributed by atoms with Crippen molar-refractivity contribution in [1.29, 1.82) is 0 Å². The molecule has 2 aliphatic carbocycles. The van der Waals surface area contributed by atoms with Crippen molar-refractivity contribution in [2.45, 2.75) is 24.9 Å². The molecule has 1 aromatic carbocycles. The molecule has 0 saturated carbocycles. The molecule has 5 nitrogen and oxygen atoms in total. The number of rotatable bonds is 4. The van der Waals surface area contributed by atoms with Crippen LogP contribution in [0.3, 0.4) is 0 Å². The monoisotopic (exact) mass is 324 g/mol. The fourth-order valence-electron chi connectivity index (χ4n) is 2.86. The lowest BCUT2D eigenvalue weighted by Crippen LogP contribution is -2.39. The van der Waals surface area contributed by atoms with E-state index in [1.54, 1.807) is 30.3 Å². The quantitative estimate of drug-likeness (QED) is 0.521. The molecule has 1 atom stereocenters. The fourth-order valence-corrected chi connectivity index (χ4v) is 2.86. The molecule has 1 N–H and O–H groups in total. The Balaban J connectivity index is 1.96. The van der Waals surface area contributed by atoms with Crippen molar-refractivity contribution in [2.24, 2.45) is 0 Å². The molecule has 0 aromatic heterocycles. The van der Waals surface area contributed by atoms with Crippen molar-refractivity contribution < 1.29 is 24.2 Å². The van der Waals surface area contributed by atoms with Gasteiger partial charge in [0, 0.05) is 6.08 Å². The van der Waals surface area contributed by atoms with Gasteiger partial charge in [0.2, 0.25) is 11.4 Å². The van der Waals surface area contributed by atoms with Gasteiger partial charge in [-0.3, -0.25) is 9.59 Å². The second-order valence-electron chi connectivity index (χ2n) is 5.70. The van der Waals surface area contributed by atoms with E-state index in [-0.39, 0.29) is 5.76 Å². The Morgan fingerprint density at radius 2 is 1.88 bits per heavy atom. The predicted octanol–water partition coefficient (Wildman–Crippen LogP) is 2.12. The normalized spacial score (nSPS) is 19.5. The lowest BCUT2D eigenvalue weighted by atomic mass is 9.85. The van der Waals surface area contributed by atoms with E-state index in [4.69, 9.17) is 4.74 Å². The third-order valence-corrected chi connectivity index (χ3v) is 4.11. The molecule has 0 heterocycles. The van der Waals surface area contributed by atoms with Crippen LogP contribution >= 0.6 is 0 Å². The summed E-state index contributed by atoms with van der Waals surface area (Å²) >= 11 is 0. The van der Waals surface area contributed by atoms with E-state index < -0.39 is 23.1 Å². The number of benzene rings is 1. The Morgan fingerprint density at radius 3 is 2.54 bits per heavy atom. The molecule has 0 amide bonds. The van der Waals surface area contributed by atoms with Gasteiger partial charge in [-0.05, 0) is 42.6 Å². The van der Waals surface area contributed by atoms with Gasteiger partial charge in [0.15, 0.2) is 11.5 Å². The Morgan fingerprint density at radius 1 is 1.12 bits per heavy atom. The first kappa shape index (κ1) is 16.1. The van der Waals surface area contributed by atoms with Gasteiger partial charge < -0.3 is 9.84 Å². The lowest BCUT2D eigenvalue weighted by molar-refractivity contribution is -0.159. The number of carbonyl (C=O) groups is 3. The minimum absolute atomic E-state index is 0.369. The van der Waals surface area contributed by atoms with E-state index >= 15 is 0 Å². The van der Waals surface area contributed by atoms with Crippen LogP contribution in [0, 0.1) is 0 Å². The lowest BCUT2D eigenvalue weighted by Gasteiger charge is -2.28. The zero-order valence-corrected chi connectivity index (χ0v) is 12.9. The van der Waals surface area contributed by atoms with Crippen molar-refractivity contribution in [2.75, 3.05) is 0 Å². The van der Waals surface area contributed by atoms with Crippen LogP contribution in [-0.2, 0) is 24.7 Å². The van der Waals surface area contributed by atoms with Crippen LogP contribution in [-0.4, -0.2) is 22.6 Å². The molecule has 5 heteroatoms. The smallest absolute Gasteiger partial charge is 0.352 e. The van der Waals surface area contributed by atoms with Crippen LogP contribution in [0.1, 0.15) is 24.8 Å². The molecule has 0 saturated heterocycles. The van der Waals surface area contributed by atoms with Crippen LogP contribution in [0.5, 0.6) is 0 Å². The van der Waals surface area contributed by atoms with Gasteiger partial charge in [-0.15, -0.1) is 0 Å². The number of ketones is 2. The van der Waals surface area contributed by atoms with Crippen LogP contribution in [0.25, 0.3) is 0 Å². The maximum Gasteiger partial charge on any atom is 0.352 e. The maximum atomic E-state index is 12.7.